The maximum Gasteiger partial charge on any atom is 0.265 e. The van der Waals surface area contributed by atoms with Crippen LogP contribution in [0.25, 0.3) is 21.7 Å². The summed E-state index contributed by atoms with van der Waals surface area (Å²) in [4.78, 5) is 26.8. The van der Waals surface area contributed by atoms with Crippen molar-refractivity contribution >= 4 is 38.8 Å². The third kappa shape index (κ3) is 4.40. The Balaban J connectivity index is 1.62. The monoisotopic (exact) mass is 510 g/mol. The summed E-state index contributed by atoms with van der Waals surface area (Å²) < 4.78 is 1.32. The summed E-state index contributed by atoms with van der Waals surface area (Å²) in [7, 11) is 1.54. The molecule has 1 unspecified atom stereocenters. The molecule has 0 saturated heterocycles. The van der Waals surface area contributed by atoms with Gasteiger partial charge in [-0.05, 0) is 53.2 Å². The van der Waals surface area contributed by atoms with Crippen LogP contribution in [0.4, 0.5) is 11.4 Å². The van der Waals surface area contributed by atoms with Crippen LogP contribution in [0.2, 0.25) is 0 Å². The Morgan fingerprint density at radius 2 is 1.61 bits per heavy atom. The Bertz CT molecular complexity index is 1730. The van der Waals surface area contributed by atoms with Crippen molar-refractivity contribution in [2.24, 2.45) is 7.05 Å². The number of benzene rings is 4. The lowest BCUT2D eigenvalue weighted by Crippen LogP contribution is -2.27. The lowest BCUT2D eigenvalue weighted by atomic mass is 9.92. The number of phenolic OH excluding ortho intramolecular Hbond substituents is 1. The second kappa shape index (κ2) is 9.89. The second-order valence-corrected chi connectivity index (χ2v) is 8.97. The minimum atomic E-state index is -0.826. The highest BCUT2D eigenvalue weighted by Crippen LogP contribution is 2.37. The highest BCUT2D eigenvalue weighted by atomic mass is 16.8. The molecule has 9 heteroatoms. The molecule has 4 N–H and O–H groups in total. The number of hydrogen-bond donors (Lipinski definition) is 4. The lowest BCUT2D eigenvalue weighted by Gasteiger charge is -2.24. The van der Waals surface area contributed by atoms with Gasteiger partial charge in [0, 0.05) is 30.1 Å². The van der Waals surface area contributed by atoms with Crippen molar-refractivity contribution < 1.29 is 20.2 Å². The van der Waals surface area contributed by atoms with Crippen molar-refractivity contribution in [3.05, 3.63) is 112 Å². The average molecular weight is 511 g/mol. The smallest absolute Gasteiger partial charge is 0.265 e. The lowest BCUT2D eigenvalue weighted by molar-refractivity contribution is 0.0972. The number of hydrogen-bond acceptors (Lipinski definition) is 8. The SMILES string of the molecule is Cn1c(=O)c(C(=O)CC(Nc2ccc(N([O-])O)cc2)c2c(O)ccc3ccccc23)c(O)c2ccccc21. The topological polar surface area (TPSA) is 138 Å². The van der Waals surface area contributed by atoms with Crippen LogP contribution >= 0.6 is 0 Å². The standard InChI is InChI=1S/C29H24N3O6/c1-31-23-9-5-4-8-21(23)28(35)27(29(31)36)25(34)16-22(30-18-11-13-19(14-12-18)32(37)38)26-20-7-3-2-6-17(20)10-15-24(26)33/h2-15,22,30,33,35,37H,16H2,1H3/q-1. The number of para-hydroxylation sites is 1. The number of aromatic hydroxyl groups is 2. The van der Waals surface area contributed by atoms with Gasteiger partial charge in [0.15, 0.2) is 5.78 Å². The normalized spacial score (nSPS) is 12.0. The molecule has 1 heterocycles. The molecule has 0 aliphatic heterocycles. The van der Waals surface area contributed by atoms with Crippen molar-refractivity contribution in [1.82, 2.24) is 4.57 Å². The van der Waals surface area contributed by atoms with Crippen LogP contribution in [0.15, 0.2) is 89.7 Å². The first kappa shape index (κ1) is 24.8. The van der Waals surface area contributed by atoms with Gasteiger partial charge < -0.3 is 30.5 Å². The molecular formula is C29H24N3O6-. The van der Waals surface area contributed by atoms with Crippen LogP contribution in [0, 0.1) is 5.21 Å². The number of carbonyl (C=O) groups excluding carboxylic acids is 1. The van der Waals surface area contributed by atoms with E-state index < -0.39 is 23.1 Å². The molecule has 0 aliphatic rings. The van der Waals surface area contributed by atoms with E-state index in [0.29, 0.717) is 27.5 Å². The summed E-state index contributed by atoms with van der Waals surface area (Å²) in [5.74, 6) is -1.06. The van der Waals surface area contributed by atoms with E-state index in [-0.39, 0.29) is 28.6 Å². The van der Waals surface area contributed by atoms with Crippen LogP contribution in [-0.4, -0.2) is 25.8 Å². The fourth-order valence-electron chi connectivity index (χ4n) is 4.78. The van der Waals surface area contributed by atoms with Crippen molar-refractivity contribution in [2.45, 2.75) is 12.5 Å². The number of nitrogens with zero attached hydrogens (tertiary/aromatic N) is 2. The van der Waals surface area contributed by atoms with Crippen LogP contribution in [0.1, 0.15) is 28.4 Å². The largest absolute Gasteiger partial charge is 0.733 e. The summed E-state index contributed by atoms with van der Waals surface area (Å²) in [6.07, 6.45) is -0.280. The minimum Gasteiger partial charge on any atom is -0.733 e. The average Bonchev–Trinajstić information content (AvgIpc) is 2.92. The van der Waals surface area contributed by atoms with Crippen molar-refractivity contribution in [2.75, 3.05) is 10.5 Å². The Hall–Kier alpha value is -4.86. The van der Waals surface area contributed by atoms with Crippen LogP contribution in [0.5, 0.6) is 11.5 Å². The van der Waals surface area contributed by atoms with Crippen molar-refractivity contribution in [3.63, 3.8) is 0 Å². The molecule has 1 atom stereocenters. The summed E-state index contributed by atoms with van der Waals surface area (Å²) >= 11 is 0. The van der Waals surface area contributed by atoms with Crippen LogP contribution in [-0.2, 0) is 7.05 Å². The Labute approximate surface area is 217 Å². The zero-order valence-electron chi connectivity index (χ0n) is 20.3. The van der Waals surface area contributed by atoms with Gasteiger partial charge in [0.25, 0.3) is 5.56 Å². The molecule has 5 aromatic rings. The number of Topliss-reactive ketones (excluding diaryl/α,β-unsaturated/α-hetero) is 1. The molecule has 0 amide bonds. The van der Waals surface area contributed by atoms with E-state index in [1.165, 1.54) is 29.8 Å². The first-order valence-corrected chi connectivity index (χ1v) is 11.8. The van der Waals surface area contributed by atoms with E-state index in [4.69, 9.17) is 5.21 Å². The molecule has 0 aliphatic carbocycles. The molecule has 0 spiro atoms. The third-order valence-corrected chi connectivity index (χ3v) is 6.67. The Kier molecular flexibility index (Phi) is 6.46. The van der Waals surface area contributed by atoms with Gasteiger partial charge in [0.1, 0.15) is 17.1 Å². The molecule has 5 rings (SSSR count). The predicted molar refractivity (Wildman–Crippen MR) is 146 cm³/mol. The van der Waals surface area contributed by atoms with E-state index in [9.17, 15) is 25.0 Å². The highest BCUT2D eigenvalue weighted by Gasteiger charge is 2.27. The number of nitrogens with one attached hydrogen (secondary N) is 1. The molecule has 0 fully saturated rings. The molecular weight excluding hydrogens is 486 g/mol. The number of rotatable bonds is 7. The molecule has 192 valence electrons. The van der Waals surface area contributed by atoms with Crippen LogP contribution in [0.3, 0.4) is 0 Å². The van der Waals surface area contributed by atoms with E-state index in [2.05, 4.69) is 5.32 Å². The number of phenols is 1. The van der Waals surface area contributed by atoms with Gasteiger partial charge in [0.05, 0.1) is 17.2 Å². The van der Waals surface area contributed by atoms with Gasteiger partial charge >= 0.3 is 0 Å². The fraction of sp³-hybridized carbons (Fsp3) is 0.103. The summed E-state index contributed by atoms with van der Waals surface area (Å²) in [6, 6.07) is 22.5. The number of ketones is 1. The molecule has 0 bridgehead atoms. The number of carbonyl (C=O) groups is 1. The minimum absolute atomic E-state index is 0.0146. The molecule has 0 radical (unpaired) electrons. The zero-order chi connectivity index (χ0) is 27.0. The second-order valence-electron chi connectivity index (χ2n) is 8.97. The Morgan fingerprint density at radius 1 is 0.947 bits per heavy atom. The van der Waals surface area contributed by atoms with Crippen molar-refractivity contribution in [1.29, 1.82) is 0 Å². The molecule has 38 heavy (non-hydrogen) atoms. The highest BCUT2D eigenvalue weighted by molar-refractivity contribution is 6.04. The van der Waals surface area contributed by atoms with E-state index in [1.54, 1.807) is 42.5 Å². The van der Waals surface area contributed by atoms with Gasteiger partial charge in [-0.25, -0.2) is 0 Å². The van der Waals surface area contributed by atoms with Gasteiger partial charge in [-0.15, -0.1) is 0 Å². The molecule has 4 aromatic carbocycles. The first-order valence-electron chi connectivity index (χ1n) is 11.8. The van der Waals surface area contributed by atoms with Crippen molar-refractivity contribution in [3.8, 4) is 11.5 Å². The maximum atomic E-state index is 13.7. The van der Waals surface area contributed by atoms with Gasteiger partial charge in [-0.2, -0.15) is 0 Å². The number of anilines is 2. The zero-order valence-corrected chi connectivity index (χ0v) is 20.3. The summed E-state index contributed by atoms with van der Waals surface area (Å²) in [5, 5.41) is 47.1. The van der Waals surface area contributed by atoms with E-state index in [0.717, 1.165) is 5.39 Å². The summed E-state index contributed by atoms with van der Waals surface area (Å²) in [6.45, 7) is 0. The van der Waals surface area contributed by atoms with Gasteiger partial charge in [0.2, 0.25) is 0 Å². The van der Waals surface area contributed by atoms with E-state index in [1.807, 2.05) is 24.3 Å². The predicted octanol–water partition coefficient (Wildman–Crippen LogP) is 5.22. The van der Waals surface area contributed by atoms with Gasteiger partial charge in [-0.3, -0.25) is 14.8 Å². The first-order chi connectivity index (χ1) is 18.3. The maximum absolute atomic E-state index is 13.7. The van der Waals surface area contributed by atoms with Gasteiger partial charge in [-0.1, -0.05) is 42.5 Å². The van der Waals surface area contributed by atoms with Crippen LogP contribution < -0.4 is 16.1 Å². The number of fused-ring (bicyclic) bond motifs is 2. The summed E-state index contributed by atoms with van der Waals surface area (Å²) in [5.41, 5.74) is 0.469. The number of aromatic nitrogens is 1. The third-order valence-electron chi connectivity index (χ3n) is 6.67. The van der Waals surface area contributed by atoms with E-state index >= 15 is 0 Å². The molecule has 9 nitrogen and oxygen atoms in total. The number of pyridine rings is 1. The molecule has 0 saturated carbocycles. The Morgan fingerprint density at radius 3 is 2.32 bits per heavy atom. The molecule has 1 aromatic heterocycles. The fourth-order valence-corrected chi connectivity index (χ4v) is 4.78. The number of aryl methyl sites for hydroxylation is 1. The quantitative estimate of drug-likeness (QED) is 0.173.